The maximum atomic E-state index is 13.5. The summed E-state index contributed by atoms with van der Waals surface area (Å²) in [4.78, 5) is 13.2. The van der Waals surface area contributed by atoms with Crippen LogP contribution in [0.15, 0.2) is 90.1 Å². The van der Waals surface area contributed by atoms with Gasteiger partial charge in [-0.05, 0) is 29.8 Å². The molecule has 1 aliphatic heterocycles. The molecule has 0 saturated carbocycles. The van der Waals surface area contributed by atoms with Crippen LogP contribution in [-0.2, 0) is 4.79 Å². The standard InChI is InChI=1S/C23H18FN5OS/c24-17-13-11-15(12-14-17)19-20(22(30)25-18-9-5-2-6-10-18)31-23-27-26-21(29(23)28-19)16-7-3-1-4-8-16/h1-14,19-20,28H,(H,25,30)/t19-,20-/m1/s1. The maximum Gasteiger partial charge on any atom is 0.240 e. The van der Waals surface area contributed by atoms with Crippen LogP contribution in [0.1, 0.15) is 11.6 Å². The zero-order valence-corrected chi connectivity index (χ0v) is 17.1. The lowest BCUT2D eigenvalue weighted by atomic mass is 10.0. The Labute approximate surface area is 182 Å². The fourth-order valence-electron chi connectivity index (χ4n) is 3.48. The third-order valence-electron chi connectivity index (χ3n) is 5.00. The second kappa shape index (κ2) is 8.23. The van der Waals surface area contributed by atoms with E-state index < -0.39 is 11.3 Å². The van der Waals surface area contributed by atoms with Crippen molar-refractivity contribution >= 4 is 23.4 Å². The highest BCUT2D eigenvalue weighted by atomic mass is 32.2. The summed E-state index contributed by atoms with van der Waals surface area (Å²) in [6.07, 6.45) is 0. The minimum atomic E-state index is -0.536. The van der Waals surface area contributed by atoms with Crippen molar-refractivity contribution in [2.45, 2.75) is 16.4 Å². The molecule has 154 valence electrons. The Morgan fingerprint density at radius 3 is 2.32 bits per heavy atom. The number of hydrogen-bond acceptors (Lipinski definition) is 5. The number of halogens is 1. The van der Waals surface area contributed by atoms with E-state index in [1.54, 1.807) is 16.8 Å². The number of benzene rings is 3. The first kappa shape index (κ1) is 19.3. The molecule has 31 heavy (non-hydrogen) atoms. The highest BCUT2D eigenvalue weighted by molar-refractivity contribution is 8.00. The van der Waals surface area contributed by atoms with Crippen molar-refractivity contribution in [3.05, 3.63) is 96.3 Å². The molecule has 3 aromatic carbocycles. The number of rotatable bonds is 4. The zero-order valence-electron chi connectivity index (χ0n) is 16.3. The zero-order chi connectivity index (χ0) is 21.2. The molecule has 0 aliphatic carbocycles. The molecule has 2 heterocycles. The van der Waals surface area contributed by atoms with Crippen LogP contribution in [0, 0.1) is 5.82 Å². The third-order valence-corrected chi connectivity index (χ3v) is 6.21. The number of nitrogens with one attached hydrogen (secondary N) is 2. The number of amides is 1. The fraction of sp³-hybridized carbons (Fsp3) is 0.0870. The average Bonchev–Trinajstić information content (AvgIpc) is 3.23. The molecule has 0 radical (unpaired) electrons. The van der Waals surface area contributed by atoms with Gasteiger partial charge in [-0.2, -0.15) is 0 Å². The van der Waals surface area contributed by atoms with Gasteiger partial charge in [0.2, 0.25) is 11.1 Å². The lowest BCUT2D eigenvalue weighted by Gasteiger charge is -2.33. The molecule has 1 aliphatic rings. The van der Waals surface area contributed by atoms with Crippen molar-refractivity contribution in [2.24, 2.45) is 0 Å². The molecule has 0 unspecified atom stereocenters. The summed E-state index contributed by atoms with van der Waals surface area (Å²) < 4.78 is 15.3. The Bertz CT molecular complexity index is 1200. The Balaban J connectivity index is 1.52. The highest BCUT2D eigenvalue weighted by Gasteiger charge is 2.38. The lowest BCUT2D eigenvalue weighted by molar-refractivity contribution is -0.116. The first-order valence-corrected chi connectivity index (χ1v) is 10.6. The summed E-state index contributed by atoms with van der Waals surface area (Å²) in [5, 5.41) is 11.6. The van der Waals surface area contributed by atoms with E-state index in [2.05, 4.69) is 20.9 Å². The van der Waals surface area contributed by atoms with Gasteiger partial charge in [0.1, 0.15) is 11.1 Å². The summed E-state index contributed by atoms with van der Waals surface area (Å²) in [7, 11) is 0. The Kier molecular flexibility index (Phi) is 5.13. The molecule has 0 fully saturated rings. The summed E-state index contributed by atoms with van der Waals surface area (Å²) >= 11 is 1.33. The molecule has 8 heteroatoms. The van der Waals surface area contributed by atoms with Gasteiger partial charge in [0, 0.05) is 11.3 Å². The van der Waals surface area contributed by atoms with Crippen molar-refractivity contribution in [2.75, 3.05) is 10.7 Å². The number of para-hydroxylation sites is 1. The number of aromatic nitrogens is 3. The number of fused-ring (bicyclic) bond motifs is 1. The predicted octanol–water partition coefficient (Wildman–Crippen LogP) is 4.48. The van der Waals surface area contributed by atoms with E-state index in [1.807, 2.05) is 60.7 Å². The minimum Gasteiger partial charge on any atom is -0.325 e. The number of carbonyl (C=O) groups excluding carboxylic acids is 1. The molecule has 5 rings (SSSR count). The molecular formula is C23H18FN5OS. The van der Waals surface area contributed by atoms with E-state index in [-0.39, 0.29) is 11.7 Å². The molecule has 1 aromatic heterocycles. The van der Waals surface area contributed by atoms with Crippen LogP contribution >= 0.6 is 11.8 Å². The molecule has 1 amide bonds. The second-order valence-electron chi connectivity index (χ2n) is 7.06. The van der Waals surface area contributed by atoms with E-state index in [1.165, 1.54) is 23.9 Å². The van der Waals surface area contributed by atoms with Crippen molar-refractivity contribution < 1.29 is 9.18 Å². The van der Waals surface area contributed by atoms with Crippen LogP contribution in [0.2, 0.25) is 0 Å². The summed E-state index contributed by atoms with van der Waals surface area (Å²) in [5.74, 6) is 0.151. The monoisotopic (exact) mass is 431 g/mol. The molecule has 2 N–H and O–H groups in total. The Morgan fingerprint density at radius 1 is 0.935 bits per heavy atom. The Hall–Kier alpha value is -3.65. The van der Waals surface area contributed by atoms with E-state index >= 15 is 0 Å². The lowest BCUT2D eigenvalue weighted by Crippen LogP contribution is -2.41. The van der Waals surface area contributed by atoms with Crippen molar-refractivity contribution in [3.63, 3.8) is 0 Å². The van der Waals surface area contributed by atoms with Gasteiger partial charge < -0.3 is 10.7 Å². The number of nitrogens with zero attached hydrogens (tertiary/aromatic N) is 3. The number of carbonyl (C=O) groups is 1. The molecule has 4 aromatic rings. The summed E-state index contributed by atoms with van der Waals surface area (Å²) in [5.41, 5.74) is 5.79. The largest absolute Gasteiger partial charge is 0.325 e. The van der Waals surface area contributed by atoms with Crippen LogP contribution in [0.25, 0.3) is 11.4 Å². The molecular weight excluding hydrogens is 413 g/mol. The van der Waals surface area contributed by atoms with Crippen LogP contribution in [0.5, 0.6) is 0 Å². The van der Waals surface area contributed by atoms with Crippen molar-refractivity contribution in [3.8, 4) is 11.4 Å². The highest BCUT2D eigenvalue weighted by Crippen LogP contribution is 2.39. The predicted molar refractivity (Wildman–Crippen MR) is 119 cm³/mol. The van der Waals surface area contributed by atoms with E-state index in [0.717, 1.165) is 11.1 Å². The van der Waals surface area contributed by atoms with Crippen LogP contribution < -0.4 is 10.7 Å². The topological polar surface area (TPSA) is 71.8 Å². The SMILES string of the molecule is O=C(Nc1ccccc1)[C@@H]1Sc2nnc(-c3ccccc3)n2N[C@@H]1c1ccc(F)cc1. The van der Waals surface area contributed by atoms with E-state index in [9.17, 15) is 9.18 Å². The minimum absolute atomic E-state index is 0.173. The number of anilines is 1. The van der Waals surface area contributed by atoms with Crippen molar-refractivity contribution in [1.82, 2.24) is 14.9 Å². The first-order valence-electron chi connectivity index (χ1n) is 9.74. The van der Waals surface area contributed by atoms with Gasteiger partial charge in [0.15, 0.2) is 5.82 Å². The first-order chi connectivity index (χ1) is 15.2. The van der Waals surface area contributed by atoms with Gasteiger partial charge in [0.05, 0.1) is 6.04 Å². The van der Waals surface area contributed by atoms with Gasteiger partial charge in [-0.25, -0.2) is 9.07 Å². The van der Waals surface area contributed by atoms with Gasteiger partial charge in [0.25, 0.3) is 0 Å². The molecule has 6 nitrogen and oxygen atoms in total. The smallest absolute Gasteiger partial charge is 0.240 e. The molecule has 0 saturated heterocycles. The van der Waals surface area contributed by atoms with Crippen LogP contribution in [0.3, 0.4) is 0 Å². The van der Waals surface area contributed by atoms with Gasteiger partial charge in [-0.1, -0.05) is 72.4 Å². The average molecular weight is 431 g/mol. The van der Waals surface area contributed by atoms with Gasteiger partial charge in [-0.15, -0.1) is 10.2 Å². The quantitative estimate of drug-likeness (QED) is 0.498. The van der Waals surface area contributed by atoms with E-state index in [4.69, 9.17) is 0 Å². The maximum absolute atomic E-state index is 13.5. The third kappa shape index (κ3) is 3.89. The van der Waals surface area contributed by atoms with Gasteiger partial charge in [-0.3, -0.25) is 4.79 Å². The molecule has 0 bridgehead atoms. The second-order valence-corrected chi connectivity index (χ2v) is 8.17. The van der Waals surface area contributed by atoms with Gasteiger partial charge >= 0.3 is 0 Å². The molecule has 0 spiro atoms. The summed E-state index contributed by atoms with van der Waals surface area (Å²) in [6, 6.07) is 24.7. The number of thioether (sulfide) groups is 1. The fourth-order valence-corrected chi connectivity index (χ4v) is 4.56. The number of hydrogen-bond donors (Lipinski definition) is 2. The van der Waals surface area contributed by atoms with Crippen LogP contribution in [-0.4, -0.2) is 26.0 Å². The van der Waals surface area contributed by atoms with Crippen molar-refractivity contribution in [1.29, 1.82) is 0 Å². The molecule has 2 atom stereocenters. The summed E-state index contributed by atoms with van der Waals surface area (Å²) in [6.45, 7) is 0. The Morgan fingerprint density at radius 2 is 1.61 bits per heavy atom. The normalized spacial score (nSPS) is 17.5. The van der Waals surface area contributed by atoms with E-state index in [0.29, 0.717) is 16.7 Å². The van der Waals surface area contributed by atoms with Crippen LogP contribution in [0.4, 0.5) is 10.1 Å².